The molecule has 0 saturated heterocycles. The van der Waals surface area contributed by atoms with E-state index in [1.54, 1.807) is 18.2 Å². The highest BCUT2D eigenvalue weighted by atomic mass is 32.2. The Morgan fingerprint density at radius 1 is 1.07 bits per heavy atom. The SMILES string of the molecule is CC(=O)Nc1nc(OS(=O)(=O)c2ccc(C)cc2)c2ccc(C3CCCC3)cc2n1. The molecule has 1 fully saturated rings. The van der Waals surface area contributed by atoms with Gasteiger partial charge in [-0.25, -0.2) is 4.98 Å². The second-order valence-electron chi connectivity index (χ2n) is 7.64. The molecule has 156 valence electrons. The molecule has 1 aliphatic rings. The van der Waals surface area contributed by atoms with Gasteiger partial charge in [0.05, 0.1) is 10.9 Å². The van der Waals surface area contributed by atoms with Gasteiger partial charge in [-0.2, -0.15) is 13.4 Å². The fraction of sp³-hybridized carbons (Fsp3) is 0.318. The van der Waals surface area contributed by atoms with Gasteiger partial charge in [0, 0.05) is 6.92 Å². The van der Waals surface area contributed by atoms with Crippen molar-refractivity contribution >= 4 is 32.9 Å². The number of hydrogen-bond donors (Lipinski definition) is 1. The van der Waals surface area contributed by atoms with Crippen molar-refractivity contribution in [3.05, 3.63) is 53.6 Å². The van der Waals surface area contributed by atoms with Gasteiger partial charge in [-0.05, 0) is 55.5 Å². The minimum atomic E-state index is -4.10. The van der Waals surface area contributed by atoms with Crippen LogP contribution in [-0.4, -0.2) is 24.3 Å². The van der Waals surface area contributed by atoms with Crippen molar-refractivity contribution in [3.63, 3.8) is 0 Å². The van der Waals surface area contributed by atoms with Gasteiger partial charge in [0.25, 0.3) is 0 Å². The van der Waals surface area contributed by atoms with Crippen LogP contribution >= 0.6 is 0 Å². The Morgan fingerprint density at radius 3 is 2.43 bits per heavy atom. The molecular formula is C22H23N3O4S. The molecule has 7 nitrogen and oxygen atoms in total. The highest BCUT2D eigenvalue weighted by Crippen LogP contribution is 2.36. The third-order valence-electron chi connectivity index (χ3n) is 5.30. The molecule has 0 aliphatic heterocycles. The lowest BCUT2D eigenvalue weighted by atomic mass is 9.97. The van der Waals surface area contributed by atoms with E-state index in [1.807, 2.05) is 19.1 Å². The van der Waals surface area contributed by atoms with Gasteiger partial charge < -0.3 is 4.18 Å². The van der Waals surface area contributed by atoms with Gasteiger partial charge >= 0.3 is 10.1 Å². The van der Waals surface area contributed by atoms with E-state index in [9.17, 15) is 13.2 Å². The number of aromatic nitrogens is 2. The Bertz CT molecular complexity index is 1200. The van der Waals surface area contributed by atoms with Crippen LogP contribution in [0.15, 0.2) is 47.4 Å². The van der Waals surface area contributed by atoms with E-state index in [1.165, 1.54) is 31.9 Å². The molecular weight excluding hydrogens is 402 g/mol. The monoisotopic (exact) mass is 425 g/mol. The van der Waals surface area contributed by atoms with Crippen LogP contribution in [0.4, 0.5) is 5.95 Å². The molecule has 3 aromatic rings. The Morgan fingerprint density at radius 2 is 1.77 bits per heavy atom. The summed E-state index contributed by atoms with van der Waals surface area (Å²) < 4.78 is 31.0. The number of amides is 1. The van der Waals surface area contributed by atoms with Crippen LogP contribution < -0.4 is 9.50 Å². The maximum atomic E-state index is 12.8. The van der Waals surface area contributed by atoms with Gasteiger partial charge in [-0.15, -0.1) is 0 Å². The first-order chi connectivity index (χ1) is 14.3. The Kier molecular flexibility index (Phi) is 5.42. The number of hydrogen-bond acceptors (Lipinski definition) is 6. The standard InChI is InChI=1S/C22H23N3O4S/c1-14-7-10-18(11-8-14)30(27,28)29-21-19-12-9-17(16-5-3-4-6-16)13-20(19)24-22(25-21)23-15(2)26/h7-13,16H,3-6H2,1-2H3,(H,23,24,25,26). The van der Waals surface area contributed by atoms with Gasteiger partial charge in [0.2, 0.25) is 17.7 Å². The normalized spacial score (nSPS) is 14.7. The van der Waals surface area contributed by atoms with E-state index >= 15 is 0 Å². The predicted octanol–water partition coefficient (Wildman–Crippen LogP) is 4.32. The summed E-state index contributed by atoms with van der Waals surface area (Å²) in [6.07, 6.45) is 4.65. The molecule has 0 bridgehead atoms. The number of aryl methyl sites for hydroxylation is 1. The molecule has 1 heterocycles. The molecule has 0 atom stereocenters. The smallest absolute Gasteiger partial charge is 0.340 e. The van der Waals surface area contributed by atoms with Crippen molar-refractivity contribution < 1.29 is 17.4 Å². The summed E-state index contributed by atoms with van der Waals surface area (Å²) >= 11 is 0. The van der Waals surface area contributed by atoms with E-state index < -0.39 is 10.1 Å². The number of carbonyl (C=O) groups excluding carboxylic acids is 1. The molecule has 4 rings (SSSR count). The third-order valence-corrected chi connectivity index (χ3v) is 6.53. The van der Waals surface area contributed by atoms with Gasteiger partial charge in [-0.3, -0.25) is 10.1 Å². The van der Waals surface area contributed by atoms with E-state index in [-0.39, 0.29) is 22.6 Å². The molecule has 1 N–H and O–H groups in total. The zero-order valence-corrected chi connectivity index (χ0v) is 17.7. The van der Waals surface area contributed by atoms with Crippen LogP contribution in [0.3, 0.4) is 0 Å². The number of nitrogens with zero attached hydrogens (tertiary/aromatic N) is 2. The Balaban J connectivity index is 1.78. The predicted molar refractivity (Wildman–Crippen MR) is 114 cm³/mol. The number of carbonyl (C=O) groups is 1. The van der Waals surface area contributed by atoms with Crippen LogP contribution in [0, 0.1) is 6.92 Å². The van der Waals surface area contributed by atoms with Crippen LogP contribution in [0.25, 0.3) is 10.9 Å². The quantitative estimate of drug-likeness (QED) is 0.611. The first-order valence-corrected chi connectivity index (χ1v) is 11.3. The Labute approximate surface area is 175 Å². The second kappa shape index (κ2) is 8.02. The van der Waals surface area contributed by atoms with Crippen LogP contribution in [0.2, 0.25) is 0 Å². The highest BCUT2D eigenvalue weighted by molar-refractivity contribution is 7.87. The number of anilines is 1. The minimum absolute atomic E-state index is 0.00711. The summed E-state index contributed by atoms with van der Waals surface area (Å²) in [5.74, 6) is 0.0119. The number of benzene rings is 2. The van der Waals surface area contributed by atoms with Crippen LogP contribution in [-0.2, 0) is 14.9 Å². The number of nitrogens with one attached hydrogen (secondary N) is 1. The van der Waals surface area contributed by atoms with Crippen molar-refractivity contribution in [2.24, 2.45) is 0 Å². The van der Waals surface area contributed by atoms with Crippen molar-refractivity contribution in [1.82, 2.24) is 9.97 Å². The van der Waals surface area contributed by atoms with Gasteiger partial charge in [0.15, 0.2) is 0 Å². The summed E-state index contributed by atoms with van der Waals surface area (Å²) in [6, 6.07) is 12.1. The summed E-state index contributed by atoms with van der Waals surface area (Å²) in [5, 5.41) is 3.00. The number of rotatable bonds is 5. The molecule has 0 unspecified atom stereocenters. The van der Waals surface area contributed by atoms with E-state index in [0.717, 1.165) is 24.0 Å². The zero-order valence-electron chi connectivity index (χ0n) is 16.9. The summed E-state index contributed by atoms with van der Waals surface area (Å²) in [5.41, 5.74) is 2.63. The summed E-state index contributed by atoms with van der Waals surface area (Å²) in [4.78, 5) is 20.1. The molecule has 30 heavy (non-hydrogen) atoms. The van der Waals surface area contributed by atoms with Crippen molar-refractivity contribution in [2.45, 2.75) is 50.3 Å². The molecule has 0 radical (unpaired) electrons. The lowest BCUT2D eigenvalue weighted by Gasteiger charge is -2.13. The van der Waals surface area contributed by atoms with E-state index in [2.05, 4.69) is 15.3 Å². The van der Waals surface area contributed by atoms with Crippen LogP contribution in [0.1, 0.15) is 49.7 Å². The molecule has 8 heteroatoms. The fourth-order valence-electron chi connectivity index (χ4n) is 3.76. The van der Waals surface area contributed by atoms with Crippen molar-refractivity contribution in [1.29, 1.82) is 0 Å². The first-order valence-electron chi connectivity index (χ1n) is 9.92. The maximum Gasteiger partial charge on any atom is 0.340 e. The first kappa shape index (κ1) is 20.3. The largest absolute Gasteiger partial charge is 0.357 e. The molecule has 0 spiro atoms. The van der Waals surface area contributed by atoms with E-state index in [0.29, 0.717) is 16.8 Å². The maximum absolute atomic E-state index is 12.8. The van der Waals surface area contributed by atoms with Crippen molar-refractivity contribution in [2.75, 3.05) is 5.32 Å². The van der Waals surface area contributed by atoms with Crippen LogP contribution in [0.5, 0.6) is 5.88 Å². The zero-order chi connectivity index (χ0) is 21.3. The molecule has 1 aromatic heterocycles. The molecule has 1 aliphatic carbocycles. The second-order valence-corrected chi connectivity index (χ2v) is 9.19. The summed E-state index contributed by atoms with van der Waals surface area (Å²) in [6.45, 7) is 3.21. The molecule has 1 saturated carbocycles. The van der Waals surface area contributed by atoms with Gasteiger partial charge in [-0.1, -0.05) is 36.6 Å². The lowest BCUT2D eigenvalue weighted by Crippen LogP contribution is -2.14. The number of fused-ring (bicyclic) bond motifs is 1. The topological polar surface area (TPSA) is 98.2 Å². The molecule has 1 amide bonds. The van der Waals surface area contributed by atoms with Gasteiger partial charge in [0.1, 0.15) is 4.90 Å². The highest BCUT2D eigenvalue weighted by Gasteiger charge is 2.22. The van der Waals surface area contributed by atoms with E-state index in [4.69, 9.17) is 4.18 Å². The fourth-order valence-corrected chi connectivity index (χ4v) is 4.66. The molecule has 2 aromatic carbocycles. The van der Waals surface area contributed by atoms with Crippen molar-refractivity contribution in [3.8, 4) is 5.88 Å². The average Bonchev–Trinajstić information content (AvgIpc) is 3.22. The third kappa shape index (κ3) is 4.28. The summed E-state index contributed by atoms with van der Waals surface area (Å²) in [7, 11) is -4.10. The Hall–Kier alpha value is -3.00. The minimum Gasteiger partial charge on any atom is -0.357 e. The lowest BCUT2D eigenvalue weighted by molar-refractivity contribution is -0.114. The average molecular weight is 426 g/mol.